The molecule has 1 aromatic carbocycles. The number of ether oxygens (including phenoxy) is 1. The van der Waals surface area contributed by atoms with E-state index in [1.165, 1.54) is 7.11 Å². The second-order valence-electron chi connectivity index (χ2n) is 4.55. The number of halogens is 1. The zero-order valence-electron chi connectivity index (χ0n) is 10.3. The van der Waals surface area contributed by atoms with Crippen molar-refractivity contribution in [1.29, 1.82) is 0 Å². The topological polar surface area (TPSA) is 74.3 Å². The number of rotatable bonds is 2. The number of phenolic OH excluding ortho intramolecular Hbond substituents is 1. The number of aromatic amines is 1. The van der Waals surface area contributed by atoms with Crippen molar-refractivity contribution in [1.82, 2.24) is 4.98 Å². The third-order valence-corrected chi connectivity index (χ3v) is 3.85. The summed E-state index contributed by atoms with van der Waals surface area (Å²) in [6, 6.07) is 3.36. The molecule has 1 aromatic heterocycles. The van der Waals surface area contributed by atoms with E-state index in [1.807, 2.05) is 0 Å². The number of nitrogens with one attached hydrogen (secondary N) is 2. The van der Waals surface area contributed by atoms with E-state index in [2.05, 4.69) is 15.0 Å². The minimum atomic E-state index is -0.460. The van der Waals surface area contributed by atoms with Crippen LogP contribution >= 0.6 is 11.6 Å². The first-order valence-corrected chi connectivity index (χ1v) is 6.46. The van der Waals surface area contributed by atoms with Crippen LogP contribution in [-0.4, -0.2) is 35.6 Å². The first-order chi connectivity index (χ1) is 9.15. The molecule has 1 aliphatic rings. The second-order valence-corrected chi connectivity index (χ2v) is 4.86. The van der Waals surface area contributed by atoms with Gasteiger partial charge in [-0.25, -0.2) is 4.79 Å². The zero-order chi connectivity index (χ0) is 13.6. The lowest BCUT2D eigenvalue weighted by molar-refractivity contribution is 0.0595. The van der Waals surface area contributed by atoms with Gasteiger partial charge in [-0.05, 0) is 11.6 Å². The fourth-order valence-electron chi connectivity index (χ4n) is 2.57. The summed E-state index contributed by atoms with van der Waals surface area (Å²) in [6.45, 7) is 0.732. The number of alkyl halides is 1. The Labute approximate surface area is 114 Å². The van der Waals surface area contributed by atoms with Crippen molar-refractivity contribution in [3.05, 3.63) is 23.4 Å². The molecule has 0 saturated heterocycles. The highest BCUT2D eigenvalue weighted by atomic mass is 35.5. The van der Waals surface area contributed by atoms with E-state index in [9.17, 15) is 9.90 Å². The van der Waals surface area contributed by atoms with E-state index in [4.69, 9.17) is 11.6 Å². The van der Waals surface area contributed by atoms with Crippen molar-refractivity contribution in [2.75, 3.05) is 24.9 Å². The van der Waals surface area contributed by atoms with Crippen LogP contribution in [0.1, 0.15) is 22.0 Å². The Morgan fingerprint density at radius 1 is 1.58 bits per heavy atom. The maximum Gasteiger partial charge on any atom is 0.354 e. The number of methoxy groups -OCH3 is 1. The molecule has 1 aliphatic heterocycles. The number of anilines is 1. The van der Waals surface area contributed by atoms with Crippen LogP contribution in [0.4, 0.5) is 5.69 Å². The maximum atomic E-state index is 11.6. The van der Waals surface area contributed by atoms with Crippen molar-refractivity contribution in [3.8, 4) is 5.75 Å². The van der Waals surface area contributed by atoms with E-state index in [0.717, 1.165) is 23.2 Å². The molecule has 0 fully saturated rings. The molecule has 2 aromatic rings. The quantitative estimate of drug-likeness (QED) is 0.583. The first kappa shape index (κ1) is 12.2. The van der Waals surface area contributed by atoms with Gasteiger partial charge < -0.3 is 20.1 Å². The smallest absolute Gasteiger partial charge is 0.354 e. The van der Waals surface area contributed by atoms with E-state index in [0.29, 0.717) is 17.1 Å². The SMILES string of the molecule is COC(=O)c1cc2c3c(cc(O)c2[nH]1)NC[C@H]3CCl. The summed E-state index contributed by atoms with van der Waals surface area (Å²) in [6.07, 6.45) is 0. The fraction of sp³-hybridized carbons (Fsp3) is 0.308. The molecular formula is C13H13ClN2O3. The molecule has 0 spiro atoms. The van der Waals surface area contributed by atoms with Gasteiger partial charge in [0.25, 0.3) is 0 Å². The average Bonchev–Trinajstić information content (AvgIpc) is 3.00. The first-order valence-electron chi connectivity index (χ1n) is 5.92. The molecule has 0 saturated carbocycles. The Morgan fingerprint density at radius 3 is 3.05 bits per heavy atom. The number of carbonyl (C=O) groups excluding carboxylic acids is 1. The predicted molar refractivity (Wildman–Crippen MR) is 73.3 cm³/mol. The van der Waals surface area contributed by atoms with Crippen LogP contribution in [0, 0.1) is 0 Å². The third-order valence-electron chi connectivity index (χ3n) is 3.47. The summed E-state index contributed by atoms with van der Waals surface area (Å²) in [5, 5.41) is 14.0. The molecule has 0 bridgehead atoms. The maximum absolute atomic E-state index is 11.6. The van der Waals surface area contributed by atoms with Crippen molar-refractivity contribution in [2.45, 2.75) is 5.92 Å². The summed E-state index contributed by atoms with van der Waals surface area (Å²) in [7, 11) is 1.32. The van der Waals surface area contributed by atoms with Crippen LogP contribution in [0.5, 0.6) is 5.75 Å². The summed E-state index contributed by atoms with van der Waals surface area (Å²) in [4.78, 5) is 14.5. The molecule has 5 nitrogen and oxygen atoms in total. The molecule has 0 amide bonds. The molecule has 0 radical (unpaired) electrons. The molecule has 3 N–H and O–H groups in total. The van der Waals surface area contributed by atoms with Crippen molar-refractivity contribution in [2.24, 2.45) is 0 Å². The number of aromatic nitrogens is 1. The van der Waals surface area contributed by atoms with Crippen LogP contribution in [0.25, 0.3) is 10.9 Å². The van der Waals surface area contributed by atoms with Crippen LogP contribution < -0.4 is 5.32 Å². The lowest BCUT2D eigenvalue weighted by Gasteiger charge is -2.07. The standard InChI is InChI=1S/C13H13ClN2O3/c1-19-13(18)9-2-7-11-6(4-14)5-15-8(11)3-10(17)12(7)16-9/h2-3,6,15-17H,4-5H2,1H3/t6-/m1/s1. The number of fused-ring (bicyclic) bond motifs is 3. The van der Waals surface area contributed by atoms with Gasteiger partial charge in [-0.1, -0.05) is 0 Å². The van der Waals surface area contributed by atoms with Gasteiger partial charge in [0.15, 0.2) is 0 Å². The van der Waals surface area contributed by atoms with E-state index < -0.39 is 5.97 Å². The minimum absolute atomic E-state index is 0.103. The molecule has 19 heavy (non-hydrogen) atoms. The molecule has 1 atom stereocenters. The minimum Gasteiger partial charge on any atom is -0.506 e. The Morgan fingerprint density at radius 2 is 2.37 bits per heavy atom. The van der Waals surface area contributed by atoms with Gasteiger partial charge >= 0.3 is 5.97 Å². The van der Waals surface area contributed by atoms with Crippen molar-refractivity contribution >= 4 is 34.2 Å². The highest BCUT2D eigenvalue weighted by Crippen LogP contribution is 2.42. The number of esters is 1. The zero-order valence-corrected chi connectivity index (χ0v) is 11.0. The number of aromatic hydroxyl groups is 1. The van der Waals surface area contributed by atoms with E-state index in [1.54, 1.807) is 12.1 Å². The number of hydrogen-bond donors (Lipinski definition) is 3. The average molecular weight is 281 g/mol. The number of phenols is 1. The molecule has 0 unspecified atom stereocenters. The Bertz CT molecular complexity index is 665. The highest BCUT2D eigenvalue weighted by Gasteiger charge is 2.27. The van der Waals surface area contributed by atoms with Crippen LogP contribution in [0.2, 0.25) is 0 Å². The van der Waals surface area contributed by atoms with Crippen molar-refractivity contribution < 1.29 is 14.6 Å². The molecule has 6 heteroatoms. The number of H-pyrrole nitrogens is 1. The molecule has 3 rings (SSSR count). The van der Waals surface area contributed by atoms with Gasteiger partial charge in [-0.15, -0.1) is 11.6 Å². The largest absolute Gasteiger partial charge is 0.506 e. The molecule has 100 valence electrons. The van der Waals surface area contributed by atoms with Gasteiger partial charge in [-0.3, -0.25) is 0 Å². The predicted octanol–water partition coefficient (Wildman–Crippen LogP) is 2.41. The fourth-order valence-corrected chi connectivity index (χ4v) is 2.84. The number of hydrogen-bond acceptors (Lipinski definition) is 4. The summed E-state index contributed by atoms with van der Waals surface area (Å²) in [5.41, 5.74) is 2.76. The Kier molecular flexibility index (Phi) is 2.78. The van der Waals surface area contributed by atoms with Gasteiger partial charge in [0.2, 0.25) is 0 Å². The molecular weight excluding hydrogens is 268 g/mol. The summed E-state index contributed by atoms with van der Waals surface area (Å²) < 4.78 is 4.68. The van der Waals surface area contributed by atoms with Crippen molar-refractivity contribution in [3.63, 3.8) is 0 Å². The Balaban J connectivity index is 2.26. The van der Waals surface area contributed by atoms with Gasteiger partial charge in [0.1, 0.15) is 11.4 Å². The second kappa shape index (κ2) is 4.35. The third kappa shape index (κ3) is 1.73. The number of benzene rings is 1. The Hall–Kier alpha value is -1.88. The highest BCUT2D eigenvalue weighted by molar-refractivity contribution is 6.18. The van der Waals surface area contributed by atoms with Gasteiger partial charge in [0, 0.05) is 35.5 Å². The molecule has 0 aliphatic carbocycles. The van der Waals surface area contributed by atoms with Crippen LogP contribution in [0.3, 0.4) is 0 Å². The van der Waals surface area contributed by atoms with Gasteiger partial charge in [0.05, 0.1) is 12.6 Å². The lowest BCUT2D eigenvalue weighted by Crippen LogP contribution is -2.02. The number of carbonyl (C=O) groups is 1. The van der Waals surface area contributed by atoms with E-state index in [-0.39, 0.29) is 11.7 Å². The normalized spacial score (nSPS) is 17.3. The monoisotopic (exact) mass is 280 g/mol. The lowest BCUT2D eigenvalue weighted by atomic mass is 9.98. The summed E-state index contributed by atoms with van der Waals surface area (Å²) >= 11 is 5.97. The van der Waals surface area contributed by atoms with Crippen LogP contribution in [0.15, 0.2) is 12.1 Å². The molecule has 2 heterocycles. The van der Waals surface area contributed by atoms with E-state index >= 15 is 0 Å². The summed E-state index contributed by atoms with van der Waals surface area (Å²) in [5.74, 6) is 0.295. The van der Waals surface area contributed by atoms with Crippen LogP contribution in [-0.2, 0) is 4.74 Å². The van der Waals surface area contributed by atoms with Gasteiger partial charge in [-0.2, -0.15) is 0 Å².